The fraction of sp³-hybridized carbons (Fsp3) is 0.846. The molecule has 0 aromatic rings. The predicted molar refractivity (Wildman–Crippen MR) is 63.3 cm³/mol. The van der Waals surface area contributed by atoms with Gasteiger partial charge in [-0.2, -0.15) is 0 Å². The van der Waals surface area contributed by atoms with Crippen LogP contribution in [0.1, 0.15) is 44.9 Å². The van der Waals surface area contributed by atoms with Crippen LogP contribution in [-0.4, -0.2) is 35.8 Å². The highest BCUT2D eigenvalue weighted by Crippen LogP contribution is 2.48. The molecule has 3 fully saturated rings. The molecule has 3 rings (SSSR count). The Labute approximate surface area is 102 Å². The van der Waals surface area contributed by atoms with Crippen molar-refractivity contribution in [1.29, 1.82) is 0 Å². The highest BCUT2D eigenvalue weighted by molar-refractivity contribution is 6.08. The Morgan fingerprint density at radius 3 is 2.24 bits per heavy atom. The maximum Gasteiger partial charge on any atom is 0.238 e. The van der Waals surface area contributed by atoms with Gasteiger partial charge in [0, 0.05) is 19.1 Å². The Hall–Kier alpha value is -1.06. The van der Waals surface area contributed by atoms with Gasteiger partial charge in [0.25, 0.3) is 0 Å². The van der Waals surface area contributed by atoms with Crippen LogP contribution in [0.2, 0.25) is 0 Å². The number of piperidine rings is 1. The van der Waals surface area contributed by atoms with Gasteiger partial charge in [0.05, 0.1) is 0 Å². The van der Waals surface area contributed by atoms with E-state index in [0.29, 0.717) is 6.04 Å². The van der Waals surface area contributed by atoms with E-state index in [1.807, 2.05) is 4.90 Å². The van der Waals surface area contributed by atoms with Crippen molar-refractivity contribution < 1.29 is 9.59 Å². The average molecular weight is 236 g/mol. The number of carbonyl (C=O) groups excluding carboxylic acids is 2. The van der Waals surface area contributed by atoms with E-state index >= 15 is 0 Å². The Morgan fingerprint density at radius 1 is 1.06 bits per heavy atom. The van der Waals surface area contributed by atoms with Crippen molar-refractivity contribution in [2.75, 3.05) is 13.1 Å². The maximum atomic E-state index is 12.4. The first-order chi connectivity index (χ1) is 8.22. The summed E-state index contributed by atoms with van der Waals surface area (Å²) in [5.41, 5.74) is -0.667. The second-order valence-corrected chi connectivity index (χ2v) is 5.68. The zero-order valence-electron chi connectivity index (χ0n) is 10.2. The second-order valence-electron chi connectivity index (χ2n) is 5.68. The lowest BCUT2D eigenvalue weighted by Crippen LogP contribution is -2.47. The minimum Gasteiger partial charge on any atom is -0.352 e. The maximum absolute atomic E-state index is 12.4. The first kappa shape index (κ1) is 11.1. The normalized spacial score (nSPS) is 26.5. The molecule has 0 bridgehead atoms. The number of nitrogens with zero attached hydrogens (tertiary/aromatic N) is 1. The van der Waals surface area contributed by atoms with Crippen molar-refractivity contribution in [3.63, 3.8) is 0 Å². The van der Waals surface area contributed by atoms with Crippen LogP contribution in [0.3, 0.4) is 0 Å². The quantitative estimate of drug-likeness (QED) is 0.745. The smallest absolute Gasteiger partial charge is 0.238 e. The third-order valence-corrected chi connectivity index (χ3v) is 4.15. The van der Waals surface area contributed by atoms with E-state index in [4.69, 9.17) is 0 Å². The van der Waals surface area contributed by atoms with Gasteiger partial charge < -0.3 is 10.2 Å². The van der Waals surface area contributed by atoms with Crippen LogP contribution in [0.25, 0.3) is 0 Å². The summed E-state index contributed by atoms with van der Waals surface area (Å²) in [6, 6.07) is 0.356. The number of amides is 2. The van der Waals surface area contributed by atoms with E-state index in [9.17, 15) is 9.59 Å². The summed E-state index contributed by atoms with van der Waals surface area (Å²) in [5, 5.41) is 2.99. The highest BCUT2D eigenvalue weighted by Gasteiger charge is 2.58. The lowest BCUT2D eigenvalue weighted by atomic mass is 10.0. The summed E-state index contributed by atoms with van der Waals surface area (Å²) < 4.78 is 0. The summed E-state index contributed by atoms with van der Waals surface area (Å²) in [5.74, 6) is 0.0888. The van der Waals surface area contributed by atoms with Gasteiger partial charge in [0.2, 0.25) is 11.8 Å². The van der Waals surface area contributed by atoms with Crippen LogP contribution in [-0.2, 0) is 9.59 Å². The molecule has 4 nitrogen and oxygen atoms in total. The molecule has 0 unspecified atom stereocenters. The second kappa shape index (κ2) is 4.00. The zero-order chi connectivity index (χ0) is 11.9. The van der Waals surface area contributed by atoms with Crippen LogP contribution in [0.15, 0.2) is 0 Å². The summed E-state index contributed by atoms with van der Waals surface area (Å²) >= 11 is 0. The van der Waals surface area contributed by atoms with E-state index in [0.717, 1.165) is 51.6 Å². The SMILES string of the molecule is O=C(NC1CC1)C1(C(=O)N2CCCCC2)CC1. The first-order valence-electron chi connectivity index (χ1n) is 6.83. The van der Waals surface area contributed by atoms with E-state index in [-0.39, 0.29) is 11.8 Å². The largest absolute Gasteiger partial charge is 0.352 e. The molecule has 4 heteroatoms. The van der Waals surface area contributed by atoms with Crippen molar-refractivity contribution in [2.45, 2.75) is 51.0 Å². The lowest BCUT2D eigenvalue weighted by molar-refractivity contribution is -0.145. The average Bonchev–Trinajstić information content (AvgIpc) is 3.23. The number of rotatable bonds is 3. The molecule has 2 aliphatic carbocycles. The van der Waals surface area contributed by atoms with Crippen LogP contribution < -0.4 is 5.32 Å². The fourth-order valence-electron chi connectivity index (χ4n) is 2.61. The lowest BCUT2D eigenvalue weighted by Gasteiger charge is -2.30. The number of hydrogen-bond acceptors (Lipinski definition) is 2. The monoisotopic (exact) mass is 236 g/mol. The third-order valence-electron chi connectivity index (χ3n) is 4.15. The highest BCUT2D eigenvalue weighted by atomic mass is 16.2. The molecule has 2 amide bonds. The topological polar surface area (TPSA) is 49.4 Å². The molecule has 1 saturated heterocycles. The number of nitrogens with one attached hydrogen (secondary N) is 1. The minimum atomic E-state index is -0.667. The molecule has 17 heavy (non-hydrogen) atoms. The molecule has 0 radical (unpaired) electrons. The van der Waals surface area contributed by atoms with E-state index in [2.05, 4.69) is 5.32 Å². The van der Waals surface area contributed by atoms with Crippen molar-refractivity contribution in [3.8, 4) is 0 Å². The Kier molecular flexibility index (Phi) is 2.60. The van der Waals surface area contributed by atoms with Gasteiger partial charge in [0.1, 0.15) is 5.41 Å². The third kappa shape index (κ3) is 2.05. The summed E-state index contributed by atoms with van der Waals surface area (Å²) in [4.78, 5) is 26.4. The molecule has 0 aromatic heterocycles. The zero-order valence-corrected chi connectivity index (χ0v) is 10.2. The Bertz CT molecular complexity index is 339. The fourth-order valence-corrected chi connectivity index (χ4v) is 2.61. The molecule has 0 spiro atoms. The standard InChI is InChI=1S/C13H20N2O2/c16-11(14-10-4-5-10)13(6-7-13)12(17)15-8-2-1-3-9-15/h10H,1-9H2,(H,14,16). The van der Waals surface area contributed by atoms with Gasteiger partial charge in [-0.3, -0.25) is 9.59 Å². The first-order valence-corrected chi connectivity index (χ1v) is 6.83. The van der Waals surface area contributed by atoms with Gasteiger partial charge >= 0.3 is 0 Å². The molecule has 0 aromatic carbocycles. The van der Waals surface area contributed by atoms with Crippen molar-refractivity contribution in [2.24, 2.45) is 5.41 Å². The minimum absolute atomic E-state index is 0.00410. The van der Waals surface area contributed by atoms with Crippen LogP contribution in [0, 0.1) is 5.41 Å². The van der Waals surface area contributed by atoms with Crippen molar-refractivity contribution in [3.05, 3.63) is 0 Å². The van der Waals surface area contributed by atoms with E-state index < -0.39 is 5.41 Å². The molecule has 2 saturated carbocycles. The number of carbonyl (C=O) groups is 2. The summed E-state index contributed by atoms with van der Waals surface area (Å²) in [6.07, 6.45) is 7.06. The van der Waals surface area contributed by atoms with Gasteiger partial charge in [-0.1, -0.05) is 0 Å². The van der Waals surface area contributed by atoms with Gasteiger partial charge in [-0.05, 0) is 44.9 Å². The van der Waals surface area contributed by atoms with Gasteiger partial charge in [0.15, 0.2) is 0 Å². The molecule has 1 aliphatic heterocycles. The molecule has 3 aliphatic rings. The van der Waals surface area contributed by atoms with E-state index in [1.54, 1.807) is 0 Å². The van der Waals surface area contributed by atoms with Crippen LogP contribution in [0.4, 0.5) is 0 Å². The van der Waals surface area contributed by atoms with Crippen LogP contribution in [0.5, 0.6) is 0 Å². The predicted octanol–water partition coefficient (Wildman–Crippen LogP) is 1.06. The summed E-state index contributed by atoms with van der Waals surface area (Å²) in [7, 11) is 0. The summed E-state index contributed by atoms with van der Waals surface area (Å²) in [6.45, 7) is 1.69. The number of likely N-dealkylation sites (tertiary alicyclic amines) is 1. The van der Waals surface area contributed by atoms with Crippen molar-refractivity contribution >= 4 is 11.8 Å². The van der Waals surface area contributed by atoms with E-state index in [1.165, 1.54) is 6.42 Å². The molecule has 94 valence electrons. The molecular weight excluding hydrogens is 216 g/mol. The van der Waals surface area contributed by atoms with Gasteiger partial charge in [-0.25, -0.2) is 0 Å². The molecule has 1 N–H and O–H groups in total. The Balaban J connectivity index is 1.64. The molecular formula is C13H20N2O2. The van der Waals surface area contributed by atoms with Gasteiger partial charge in [-0.15, -0.1) is 0 Å². The van der Waals surface area contributed by atoms with Crippen LogP contribution >= 0.6 is 0 Å². The molecule has 0 atom stereocenters. The number of hydrogen-bond donors (Lipinski definition) is 1. The Morgan fingerprint density at radius 2 is 1.71 bits per heavy atom. The van der Waals surface area contributed by atoms with Crippen molar-refractivity contribution in [1.82, 2.24) is 10.2 Å². The molecule has 1 heterocycles.